The van der Waals surface area contributed by atoms with Crippen LogP contribution in [0.2, 0.25) is 0 Å². The number of nitrogens with one attached hydrogen (secondary N) is 2. The SMILES string of the molecule is CCCCCCCNC(=O)NCCC(=O)O. The fourth-order valence-electron chi connectivity index (χ4n) is 1.28. The fourth-order valence-corrected chi connectivity index (χ4v) is 1.28. The van der Waals surface area contributed by atoms with Crippen LogP contribution < -0.4 is 10.6 Å². The molecule has 0 aliphatic rings. The zero-order valence-electron chi connectivity index (χ0n) is 9.92. The number of hydrogen-bond donors (Lipinski definition) is 3. The van der Waals surface area contributed by atoms with Crippen LogP contribution in [0.15, 0.2) is 0 Å². The lowest BCUT2D eigenvalue weighted by molar-refractivity contribution is -0.136. The molecule has 0 fully saturated rings. The summed E-state index contributed by atoms with van der Waals surface area (Å²) < 4.78 is 0. The van der Waals surface area contributed by atoms with Crippen LogP contribution in [0.5, 0.6) is 0 Å². The maximum absolute atomic E-state index is 11.1. The highest BCUT2D eigenvalue weighted by Gasteiger charge is 2.00. The van der Waals surface area contributed by atoms with Crippen LogP contribution in [0.3, 0.4) is 0 Å². The van der Waals surface area contributed by atoms with E-state index in [1.807, 2.05) is 0 Å². The zero-order chi connectivity index (χ0) is 12.2. The molecule has 5 nitrogen and oxygen atoms in total. The maximum atomic E-state index is 11.1. The molecule has 0 heterocycles. The van der Waals surface area contributed by atoms with Gasteiger partial charge in [0.05, 0.1) is 6.42 Å². The van der Waals surface area contributed by atoms with E-state index in [-0.39, 0.29) is 19.0 Å². The van der Waals surface area contributed by atoms with E-state index in [4.69, 9.17) is 5.11 Å². The zero-order valence-corrected chi connectivity index (χ0v) is 9.92. The normalized spacial score (nSPS) is 9.81. The Morgan fingerprint density at radius 3 is 2.25 bits per heavy atom. The summed E-state index contributed by atoms with van der Waals surface area (Å²) in [6.45, 7) is 2.99. The van der Waals surface area contributed by atoms with E-state index >= 15 is 0 Å². The van der Waals surface area contributed by atoms with Crippen molar-refractivity contribution in [2.24, 2.45) is 0 Å². The summed E-state index contributed by atoms with van der Waals surface area (Å²) in [4.78, 5) is 21.3. The molecule has 16 heavy (non-hydrogen) atoms. The van der Waals surface area contributed by atoms with Crippen LogP contribution in [-0.2, 0) is 4.79 Å². The third-order valence-electron chi connectivity index (χ3n) is 2.19. The molecule has 0 aromatic heterocycles. The number of carboxylic acids is 1. The Bertz CT molecular complexity index is 207. The van der Waals surface area contributed by atoms with Gasteiger partial charge in [-0.05, 0) is 6.42 Å². The van der Waals surface area contributed by atoms with E-state index < -0.39 is 5.97 Å². The minimum absolute atomic E-state index is 0.0378. The Labute approximate surface area is 96.6 Å². The number of carbonyl (C=O) groups excluding carboxylic acids is 1. The number of carbonyl (C=O) groups is 2. The molecular weight excluding hydrogens is 208 g/mol. The summed E-state index contributed by atoms with van der Waals surface area (Å²) in [5, 5.41) is 13.5. The number of carboxylic acid groups (broad SMARTS) is 1. The first-order valence-corrected chi connectivity index (χ1v) is 5.90. The summed E-state index contributed by atoms with van der Waals surface area (Å²) in [5.41, 5.74) is 0. The summed E-state index contributed by atoms with van der Waals surface area (Å²) in [7, 11) is 0. The highest BCUT2D eigenvalue weighted by Crippen LogP contribution is 2.00. The van der Waals surface area contributed by atoms with Gasteiger partial charge in [-0.2, -0.15) is 0 Å². The predicted molar refractivity (Wildman–Crippen MR) is 62.4 cm³/mol. The van der Waals surface area contributed by atoms with E-state index in [9.17, 15) is 9.59 Å². The molecule has 0 bridgehead atoms. The molecule has 3 N–H and O–H groups in total. The van der Waals surface area contributed by atoms with Crippen LogP contribution in [0.25, 0.3) is 0 Å². The molecule has 0 aromatic rings. The van der Waals surface area contributed by atoms with Gasteiger partial charge in [-0.3, -0.25) is 4.79 Å². The molecule has 2 amide bonds. The lowest BCUT2D eigenvalue weighted by atomic mass is 10.1. The van der Waals surface area contributed by atoms with Gasteiger partial charge in [0.15, 0.2) is 0 Å². The minimum atomic E-state index is -0.903. The largest absolute Gasteiger partial charge is 0.481 e. The first kappa shape index (κ1) is 14.7. The third-order valence-corrected chi connectivity index (χ3v) is 2.19. The lowest BCUT2D eigenvalue weighted by Crippen LogP contribution is -2.37. The van der Waals surface area contributed by atoms with E-state index in [2.05, 4.69) is 17.6 Å². The molecule has 0 rings (SSSR count). The Morgan fingerprint density at radius 1 is 1.00 bits per heavy atom. The van der Waals surface area contributed by atoms with E-state index in [1.54, 1.807) is 0 Å². The molecule has 0 radical (unpaired) electrons. The smallest absolute Gasteiger partial charge is 0.314 e. The molecule has 0 atom stereocenters. The molecule has 0 saturated heterocycles. The second-order valence-corrected chi connectivity index (χ2v) is 3.74. The first-order valence-electron chi connectivity index (χ1n) is 5.90. The standard InChI is InChI=1S/C11H22N2O3/c1-2-3-4-5-6-8-12-11(16)13-9-7-10(14)15/h2-9H2,1H3,(H,14,15)(H2,12,13,16). The van der Waals surface area contributed by atoms with Gasteiger partial charge in [-0.15, -0.1) is 0 Å². The number of hydrogen-bond acceptors (Lipinski definition) is 2. The van der Waals surface area contributed by atoms with Gasteiger partial charge < -0.3 is 15.7 Å². The minimum Gasteiger partial charge on any atom is -0.481 e. The van der Waals surface area contributed by atoms with Gasteiger partial charge in [0.25, 0.3) is 0 Å². The van der Waals surface area contributed by atoms with E-state index in [0.717, 1.165) is 12.8 Å². The Balaban J connectivity index is 3.20. The first-order chi connectivity index (χ1) is 7.66. The van der Waals surface area contributed by atoms with Crippen molar-refractivity contribution in [3.05, 3.63) is 0 Å². The summed E-state index contributed by atoms with van der Waals surface area (Å²) in [6, 6.07) is -0.281. The quantitative estimate of drug-likeness (QED) is 0.528. The van der Waals surface area contributed by atoms with Gasteiger partial charge in [-0.1, -0.05) is 32.6 Å². The molecule has 0 aliphatic carbocycles. The molecule has 0 spiro atoms. The third kappa shape index (κ3) is 10.8. The lowest BCUT2D eigenvalue weighted by Gasteiger charge is -2.06. The summed E-state index contributed by atoms with van der Waals surface area (Å²) in [5.74, 6) is -0.903. The highest BCUT2D eigenvalue weighted by molar-refractivity contribution is 5.74. The van der Waals surface area contributed by atoms with Crippen LogP contribution in [0, 0.1) is 0 Å². The molecular formula is C11H22N2O3. The van der Waals surface area contributed by atoms with Gasteiger partial charge in [-0.25, -0.2) is 4.79 Å². The summed E-state index contributed by atoms with van der Waals surface area (Å²) in [6.07, 6.45) is 5.73. The Hall–Kier alpha value is -1.26. The van der Waals surface area contributed by atoms with E-state index in [1.165, 1.54) is 19.3 Å². The second kappa shape index (κ2) is 10.3. The Morgan fingerprint density at radius 2 is 1.62 bits per heavy atom. The van der Waals surface area contributed by atoms with Crippen molar-refractivity contribution >= 4 is 12.0 Å². The number of rotatable bonds is 9. The number of unbranched alkanes of at least 4 members (excludes halogenated alkanes) is 4. The van der Waals surface area contributed by atoms with Gasteiger partial charge in [0, 0.05) is 13.1 Å². The van der Waals surface area contributed by atoms with Crippen molar-refractivity contribution in [2.75, 3.05) is 13.1 Å². The average molecular weight is 230 g/mol. The maximum Gasteiger partial charge on any atom is 0.314 e. The molecule has 0 aromatic carbocycles. The van der Waals surface area contributed by atoms with Crippen LogP contribution in [0.1, 0.15) is 45.4 Å². The molecule has 94 valence electrons. The molecule has 0 saturated carbocycles. The predicted octanol–water partition coefficient (Wildman–Crippen LogP) is 1.73. The summed E-state index contributed by atoms with van der Waals surface area (Å²) >= 11 is 0. The monoisotopic (exact) mass is 230 g/mol. The number of aliphatic carboxylic acids is 1. The van der Waals surface area contributed by atoms with Gasteiger partial charge in [0.2, 0.25) is 0 Å². The van der Waals surface area contributed by atoms with Crippen molar-refractivity contribution in [1.82, 2.24) is 10.6 Å². The van der Waals surface area contributed by atoms with Crippen molar-refractivity contribution in [1.29, 1.82) is 0 Å². The topological polar surface area (TPSA) is 78.4 Å². The molecule has 0 aliphatic heterocycles. The van der Waals surface area contributed by atoms with Crippen LogP contribution in [-0.4, -0.2) is 30.2 Å². The van der Waals surface area contributed by atoms with Crippen LogP contribution >= 0.6 is 0 Å². The average Bonchev–Trinajstić information content (AvgIpc) is 2.22. The van der Waals surface area contributed by atoms with Crippen LogP contribution in [0.4, 0.5) is 4.79 Å². The highest BCUT2D eigenvalue weighted by atomic mass is 16.4. The van der Waals surface area contributed by atoms with Crippen molar-refractivity contribution in [2.45, 2.75) is 45.4 Å². The van der Waals surface area contributed by atoms with Gasteiger partial charge in [0.1, 0.15) is 0 Å². The Kier molecular flexibility index (Phi) is 9.46. The second-order valence-electron chi connectivity index (χ2n) is 3.74. The van der Waals surface area contributed by atoms with Crippen molar-refractivity contribution in [3.63, 3.8) is 0 Å². The molecule has 0 unspecified atom stereocenters. The van der Waals surface area contributed by atoms with Crippen molar-refractivity contribution < 1.29 is 14.7 Å². The van der Waals surface area contributed by atoms with Crippen molar-refractivity contribution in [3.8, 4) is 0 Å². The number of amides is 2. The van der Waals surface area contributed by atoms with Gasteiger partial charge >= 0.3 is 12.0 Å². The number of urea groups is 1. The molecule has 5 heteroatoms. The fraction of sp³-hybridized carbons (Fsp3) is 0.818. The van der Waals surface area contributed by atoms with E-state index in [0.29, 0.717) is 6.54 Å².